The van der Waals surface area contributed by atoms with E-state index < -0.39 is 16.7 Å². The number of aromatic nitrogens is 2. The van der Waals surface area contributed by atoms with E-state index in [2.05, 4.69) is 26.1 Å². The summed E-state index contributed by atoms with van der Waals surface area (Å²) in [7, 11) is 0. The molecule has 1 heterocycles. The summed E-state index contributed by atoms with van der Waals surface area (Å²) in [5, 5.41) is 27.5. The van der Waals surface area contributed by atoms with Gasteiger partial charge in [0, 0.05) is 35.9 Å². The minimum Gasteiger partial charge on any atom is -0.326 e. The van der Waals surface area contributed by atoms with Crippen LogP contribution in [0.1, 0.15) is 27.6 Å². The molecule has 3 N–H and O–H groups in total. The Morgan fingerprint density at radius 1 is 0.833 bits per heavy atom. The average Bonchev–Trinajstić information content (AvgIpc) is 3.33. The zero-order valence-corrected chi connectivity index (χ0v) is 19.5. The molecule has 180 valence electrons. The summed E-state index contributed by atoms with van der Waals surface area (Å²) in [6, 6.07) is 18.7. The van der Waals surface area contributed by atoms with E-state index >= 15 is 0 Å². The number of rotatable bonds is 7. The lowest BCUT2D eigenvalue weighted by molar-refractivity contribution is -0.384. The standard InChI is InChI=1S/C24H18N6O5S/c1-14(31)25-20-5-3-2-4-19(20)22(33)26-17-10-6-15(7-11-17)21(32)27-24-29-28-23(36-24)16-8-12-18(13-9-16)30(34)35/h2-13H,1H3,(H,25,31)(H,26,33)(H,27,29,32). The van der Waals surface area contributed by atoms with E-state index in [9.17, 15) is 24.5 Å². The highest BCUT2D eigenvalue weighted by Gasteiger charge is 2.15. The molecule has 0 bridgehead atoms. The third-order valence-corrected chi connectivity index (χ3v) is 5.75. The van der Waals surface area contributed by atoms with Gasteiger partial charge in [0.05, 0.1) is 16.2 Å². The minimum absolute atomic E-state index is 0.0339. The van der Waals surface area contributed by atoms with Crippen molar-refractivity contribution in [2.75, 3.05) is 16.0 Å². The fourth-order valence-corrected chi connectivity index (χ4v) is 3.91. The number of para-hydroxylation sites is 1. The highest BCUT2D eigenvalue weighted by molar-refractivity contribution is 7.18. The lowest BCUT2D eigenvalue weighted by atomic mass is 10.1. The number of hydrogen-bond acceptors (Lipinski definition) is 8. The van der Waals surface area contributed by atoms with Crippen LogP contribution in [-0.4, -0.2) is 32.8 Å². The number of non-ortho nitro benzene ring substituents is 1. The van der Waals surface area contributed by atoms with Gasteiger partial charge in [0.1, 0.15) is 5.01 Å². The van der Waals surface area contributed by atoms with Crippen LogP contribution in [0.4, 0.5) is 22.2 Å². The molecule has 0 unspecified atom stereocenters. The zero-order chi connectivity index (χ0) is 25.7. The Morgan fingerprint density at radius 2 is 1.53 bits per heavy atom. The number of nitro benzene ring substituents is 1. The number of nitrogens with one attached hydrogen (secondary N) is 3. The molecule has 0 aliphatic carbocycles. The van der Waals surface area contributed by atoms with Gasteiger partial charge in [-0.15, -0.1) is 10.2 Å². The fraction of sp³-hybridized carbons (Fsp3) is 0.0417. The van der Waals surface area contributed by atoms with Gasteiger partial charge < -0.3 is 10.6 Å². The summed E-state index contributed by atoms with van der Waals surface area (Å²) in [6.45, 7) is 1.36. The number of hydrogen-bond donors (Lipinski definition) is 3. The van der Waals surface area contributed by atoms with Gasteiger partial charge in [-0.3, -0.25) is 29.8 Å². The second-order valence-electron chi connectivity index (χ2n) is 7.43. The third kappa shape index (κ3) is 5.74. The van der Waals surface area contributed by atoms with Crippen LogP contribution in [0.3, 0.4) is 0 Å². The third-order valence-electron chi connectivity index (χ3n) is 4.86. The molecule has 0 spiro atoms. The van der Waals surface area contributed by atoms with Crippen LogP contribution in [0.25, 0.3) is 10.6 Å². The van der Waals surface area contributed by atoms with Crippen LogP contribution in [0.2, 0.25) is 0 Å². The summed E-state index contributed by atoms with van der Waals surface area (Å²) in [6.07, 6.45) is 0. The molecule has 12 heteroatoms. The van der Waals surface area contributed by atoms with Gasteiger partial charge in [-0.25, -0.2) is 0 Å². The van der Waals surface area contributed by atoms with E-state index in [-0.39, 0.29) is 16.7 Å². The largest absolute Gasteiger partial charge is 0.326 e. The second-order valence-corrected chi connectivity index (χ2v) is 8.41. The van der Waals surface area contributed by atoms with E-state index in [0.29, 0.717) is 33.1 Å². The number of carbonyl (C=O) groups is 3. The first-order chi connectivity index (χ1) is 17.3. The molecule has 3 amide bonds. The van der Waals surface area contributed by atoms with Gasteiger partial charge in [-0.2, -0.15) is 0 Å². The number of benzene rings is 3. The summed E-state index contributed by atoms with van der Waals surface area (Å²) >= 11 is 1.13. The number of nitrogens with zero attached hydrogens (tertiary/aromatic N) is 3. The van der Waals surface area contributed by atoms with Crippen molar-refractivity contribution in [2.45, 2.75) is 6.92 Å². The quantitative estimate of drug-likeness (QED) is 0.247. The normalized spacial score (nSPS) is 10.4. The van der Waals surface area contributed by atoms with Crippen LogP contribution in [-0.2, 0) is 4.79 Å². The number of nitro groups is 1. The molecule has 3 aromatic carbocycles. The number of amides is 3. The summed E-state index contributed by atoms with van der Waals surface area (Å²) in [5.41, 5.74) is 2.09. The molecule has 0 saturated heterocycles. The van der Waals surface area contributed by atoms with Crippen molar-refractivity contribution in [3.63, 3.8) is 0 Å². The Balaban J connectivity index is 1.39. The van der Waals surface area contributed by atoms with E-state index in [4.69, 9.17) is 0 Å². The molecule has 0 fully saturated rings. The zero-order valence-electron chi connectivity index (χ0n) is 18.7. The predicted octanol–water partition coefficient (Wildman–Crippen LogP) is 4.58. The summed E-state index contributed by atoms with van der Waals surface area (Å²) < 4.78 is 0. The van der Waals surface area contributed by atoms with Crippen LogP contribution in [0.15, 0.2) is 72.8 Å². The molecule has 0 atom stereocenters. The van der Waals surface area contributed by atoms with Crippen molar-refractivity contribution in [1.29, 1.82) is 0 Å². The first-order valence-electron chi connectivity index (χ1n) is 10.5. The molecule has 4 aromatic rings. The molecule has 1 aromatic heterocycles. The highest BCUT2D eigenvalue weighted by Crippen LogP contribution is 2.28. The van der Waals surface area contributed by atoms with E-state index in [1.165, 1.54) is 19.1 Å². The summed E-state index contributed by atoms with van der Waals surface area (Å²) in [4.78, 5) is 46.9. The molecule has 0 aliphatic rings. The average molecular weight is 503 g/mol. The maximum atomic E-state index is 12.7. The number of anilines is 3. The lowest BCUT2D eigenvalue weighted by Crippen LogP contribution is -2.16. The predicted molar refractivity (Wildman–Crippen MR) is 135 cm³/mol. The molecule has 0 saturated carbocycles. The van der Waals surface area contributed by atoms with Gasteiger partial charge in [0.2, 0.25) is 11.0 Å². The van der Waals surface area contributed by atoms with Crippen LogP contribution >= 0.6 is 11.3 Å². The van der Waals surface area contributed by atoms with Crippen LogP contribution < -0.4 is 16.0 Å². The van der Waals surface area contributed by atoms with Gasteiger partial charge in [0.25, 0.3) is 17.5 Å². The van der Waals surface area contributed by atoms with Gasteiger partial charge in [-0.1, -0.05) is 23.5 Å². The van der Waals surface area contributed by atoms with Crippen molar-refractivity contribution < 1.29 is 19.3 Å². The molecular weight excluding hydrogens is 484 g/mol. The monoisotopic (exact) mass is 502 g/mol. The smallest absolute Gasteiger partial charge is 0.269 e. The topological polar surface area (TPSA) is 156 Å². The van der Waals surface area contributed by atoms with E-state index in [1.54, 1.807) is 60.7 Å². The second kappa shape index (κ2) is 10.5. The maximum absolute atomic E-state index is 12.7. The molecule has 0 aliphatic heterocycles. The van der Waals surface area contributed by atoms with Crippen molar-refractivity contribution in [1.82, 2.24) is 10.2 Å². The van der Waals surface area contributed by atoms with E-state index in [1.807, 2.05) is 0 Å². The Kier molecular flexibility index (Phi) is 7.07. The SMILES string of the molecule is CC(=O)Nc1ccccc1C(=O)Nc1ccc(C(=O)Nc2nnc(-c3ccc([N+](=O)[O-])cc3)s2)cc1. The Hall–Kier alpha value is -4.97. The molecule has 0 radical (unpaired) electrons. The molecular formula is C24H18N6O5S. The first kappa shape index (κ1) is 24.2. The minimum atomic E-state index is -0.489. The van der Waals surface area contributed by atoms with Crippen molar-refractivity contribution in [3.8, 4) is 10.6 Å². The maximum Gasteiger partial charge on any atom is 0.269 e. The van der Waals surface area contributed by atoms with Crippen LogP contribution in [0, 0.1) is 10.1 Å². The Morgan fingerprint density at radius 3 is 2.19 bits per heavy atom. The molecule has 4 rings (SSSR count). The molecule has 11 nitrogen and oxygen atoms in total. The first-order valence-corrected chi connectivity index (χ1v) is 11.3. The Bertz CT molecular complexity index is 1450. The summed E-state index contributed by atoms with van der Waals surface area (Å²) in [5.74, 6) is -1.12. The Labute approximate surface area is 208 Å². The fourth-order valence-electron chi connectivity index (χ4n) is 3.17. The number of carbonyl (C=O) groups excluding carboxylic acids is 3. The lowest BCUT2D eigenvalue weighted by Gasteiger charge is -2.10. The van der Waals surface area contributed by atoms with Gasteiger partial charge in [-0.05, 0) is 48.5 Å². The highest BCUT2D eigenvalue weighted by atomic mass is 32.1. The van der Waals surface area contributed by atoms with Crippen LogP contribution in [0.5, 0.6) is 0 Å². The van der Waals surface area contributed by atoms with Gasteiger partial charge >= 0.3 is 0 Å². The van der Waals surface area contributed by atoms with Crippen molar-refractivity contribution >= 4 is 51.3 Å². The van der Waals surface area contributed by atoms with Gasteiger partial charge in [0.15, 0.2) is 0 Å². The van der Waals surface area contributed by atoms with E-state index in [0.717, 1.165) is 11.3 Å². The van der Waals surface area contributed by atoms with Crippen molar-refractivity contribution in [3.05, 3.63) is 94.0 Å². The van der Waals surface area contributed by atoms with Crippen molar-refractivity contribution in [2.24, 2.45) is 0 Å². The molecule has 36 heavy (non-hydrogen) atoms.